The van der Waals surface area contributed by atoms with Crippen molar-refractivity contribution in [2.45, 2.75) is 13.3 Å². The van der Waals surface area contributed by atoms with Crippen LogP contribution in [0.3, 0.4) is 0 Å². The number of nitrogens with zero attached hydrogens (tertiary/aromatic N) is 3. The topological polar surface area (TPSA) is 93.2 Å². The summed E-state index contributed by atoms with van der Waals surface area (Å²) in [6.45, 7) is 5.77. The molecule has 2 heterocycles. The van der Waals surface area contributed by atoms with Gasteiger partial charge in [-0.05, 0) is 49.7 Å². The van der Waals surface area contributed by atoms with Crippen LogP contribution in [0.1, 0.15) is 23.7 Å². The molecule has 172 valence electrons. The molecule has 0 atom stereocenters. The molecular weight excluding hydrogens is 412 g/mol. The molecule has 0 saturated carbocycles. The molecule has 1 aromatic heterocycles. The molecule has 1 N–H and O–H groups in total. The van der Waals surface area contributed by atoms with Crippen LogP contribution in [0, 0.1) is 0 Å². The van der Waals surface area contributed by atoms with E-state index in [0.29, 0.717) is 50.7 Å². The lowest BCUT2D eigenvalue weighted by Gasteiger charge is -2.23. The van der Waals surface area contributed by atoms with Crippen LogP contribution in [0.4, 0.5) is 16.3 Å². The summed E-state index contributed by atoms with van der Waals surface area (Å²) in [5.74, 6) is 1.14. The second kappa shape index (κ2) is 11.9. The number of aromatic nitrogens is 1. The van der Waals surface area contributed by atoms with Crippen LogP contribution in [0.15, 0.2) is 42.6 Å². The van der Waals surface area contributed by atoms with Crippen LogP contribution in [-0.4, -0.2) is 75.0 Å². The van der Waals surface area contributed by atoms with E-state index >= 15 is 0 Å². The van der Waals surface area contributed by atoms with Crippen molar-refractivity contribution < 1.29 is 23.8 Å². The number of anilines is 2. The minimum absolute atomic E-state index is 0.134. The number of hydrogen-bond donors (Lipinski definition) is 1. The molecule has 32 heavy (non-hydrogen) atoms. The average molecular weight is 443 g/mol. The molecule has 9 nitrogen and oxygen atoms in total. The van der Waals surface area contributed by atoms with Crippen LogP contribution >= 0.6 is 0 Å². The van der Waals surface area contributed by atoms with Gasteiger partial charge in [0.25, 0.3) is 0 Å². The molecule has 1 saturated heterocycles. The Hall–Kier alpha value is -3.33. The van der Waals surface area contributed by atoms with Gasteiger partial charge in [-0.3, -0.25) is 0 Å². The summed E-state index contributed by atoms with van der Waals surface area (Å²) < 4.78 is 15.5. The van der Waals surface area contributed by atoms with Gasteiger partial charge in [0.2, 0.25) is 0 Å². The number of hydrogen-bond acceptors (Lipinski definition) is 7. The van der Waals surface area contributed by atoms with Crippen LogP contribution in [0.5, 0.6) is 5.75 Å². The molecule has 3 rings (SSSR count). The van der Waals surface area contributed by atoms with Gasteiger partial charge in [0, 0.05) is 45.2 Å². The number of pyridine rings is 1. The molecule has 1 fully saturated rings. The van der Waals surface area contributed by atoms with Gasteiger partial charge in [0.05, 0.1) is 18.8 Å². The van der Waals surface area contributed by atoms with Gasteiger partial charge >= 0.3 is 12.0 Å². The van der Waals surface area contributed by atoms with Crippen LogP contribution in [0.25, 0.3) is 0 Å². The van der Waals surface area contributed by atoms with Crippen molar-refractivity contribution in [1.29, 1.82) is 0 Å². The lowest BCUT2D eigenvalue weighted by molar-refractivity contribution is 0.0526. The summed E-state index contributed by atoms with van der Waals surface area (Å²) >= 11 is 0. The molecule has 0 aliphatic carbocycles. The van der Waals surface area contributed by atoms with Gasteiger partial charge in [0.15, 0.2) is 0 Å². The van der Waals surface area contributed by atoms with E-state index in [1.807, 2.05) is 30.3 Å². The molecule has 1 aliphatic heterocycles. The monoisotopic (exact) mass is 442 g/mol. The number of amides is 2. The summed E-state index contributed by atoms with van der Waals surface area (Å²) in [5, 5.41) is 2.94. The van der Waals surface area contributed by atoms with Gasteiger partial charge in [-0.2, -0.15) is 0 Å². The fourth-order valence-electron chi connectivity index (χ4n) is 3.34. The second-order valence-corrected chi connectivity index (χ2v) is 7.25. The van der Waals surface area contributed by atoms with Crippen molar-refractivity contribution in [3.63, 3.8) is 0 Å². The average Bonchev–Trinajstić information content (AvgIpc) is 3.07. The van der Waals surface area contributed by atoms with Gasteiger partial charge < -0.3 is 29.3 Å². The maximum Gasteiger partial charge on any atom is 0.339 e. The zero-order valence-electron chi connectivity index (χ0n) is 18.6. The summed E-state index contributed by atoms with van der Waals surface area (Å²) in [4.78, 5) is 32.8. The number of nitrogens with one attached hydrogen (secondary N) is 1. The van der Waals surface area contributed by atoms with Gasteiger partial charge in [0.1, 0.15) is 18.2 Å². The van der Waals surface area contributed by atoms with E-state index in [9.17, 15) is 9.59 Å². The highest BCUT2D eigenvalue weighted by Crippen LogP contribution is 2.18. The van der Waals surface area contributed by atoms with E-state index in [4.69, 9.17) is 14.2 Å². The third kappa shape index (κ3) is 6.58. The fraction of sp³-hybridized carbons (Fsp3) is 0.435. The van der Waals surface area contributed by atoms with E-state index in [2.05, 4.69) is 15.2 Å². The standard InChI is InChI=1S/C23H30N4O5/c1-3-31-22(28)18-5-10-21(24-17-18)26-11-4-12-27(14-13-26)23(29)25-19-6-8-20(9-7-19)32-16-15-30-2/h5-10,17H,3-4,11-16H2,1-2H3,(H,25,29). The molecule has 2 amide bonds. The maximum absolute atomic E-state index is 12.7. The van der Waals surface area contributed by atoms with Crippen LogP contribution in [-0.2, 0) is 9.47 Å². The van der Waals surface area contributed by atoms with Gasteiger partial charge in [-0.1, -0.05) is 0 Å². The smallest absolute Gasteiger partial charge is 0.339 e. The number of methoxy groups -OCH3 is 1. The van der Waals surface area contributed by atoms with Crippen molar-refractivity contribution in [1.82, 2.24) is 9.88 Å². The summed E-state index contributed by atoms with van der Waals surface area (Å²) in [6, 6.07) is 10.7. The van der Waals surface area contributed by atoms with E-state index in [1.165, 1.54) is 6.20 Å². The Balaban J connectivity index is 1.51. The first-order chi connectivity index (χ1) is 15.6. The third-order valence-electron chi connectivity index (χ3n) is 5.03. The van der Waals surface area contributed by atoms with Gasteiger partial charge in [-0.15, -0.1) is 0 Å². The number of rotatable bonds is 8. The molecular formula is C23H30N4O5. The molecule has 0 spiro atoms. The number of urea groups is 1. The molecule has 0 bridgehead atoms. The highest BCUT2D eigenvalue weighted by molar-refractivity contribution is 5.90. The number of carbonyl (C=O) groups excluding carboxylic acids is 2. The first-order valence-corrected chi connectivity index (χ1v) is 10.8. The molecule has 2 aromatic rings. The highest BCUT2D eigenvalue weighted by atomic mass is 16.5. The highest BCUT2D eigenvalue weighted by Gasteiger charge is 2.20. The molecule has 0 unspecified atom stereocenters. The number of esters is 1. The van der Waals surface area contributed by atoms with E-state index in [0.717, 1.165) is 24.5 Å². The Kier molecular flexibility index (Phi) is 8.68. The predicted octanol–water partition coefficient (Wildman–Crippen LogP) is 3.03. The number of carbonyl (C=O) groups is 2. The Bertz CT molecular complexity index is 873. The molecule has 0 radical (unpaired) electrons. The minimum atomic E-state index is -0.375. The quantitative estimate of drug-likeness (QED) is 0.496. The normalized spacial score (nSPS) is 13.9. The van der Waals surface area contributed by atoms with E-state index in [-0.39, 0.29) is 12.0 Å². The van der Waals surface area contributed by atoms with Crippen LogP contribution < -0.4 is 15.0 Å². The minimum Gasteiger partial charge on any atom is -0.491 e. The summed E-state index contributed by atoms with van der Waals surface area (Å²) in [6.07, 6.45) is 2.35. The van der Waals surface area contributed by atoms with Crippen molar-refractivity contribution in [3.8, 4) is 5.75 Å². The second-order valence-electron chi connectivity index (χ2n) is 7.25. The SMILES string of the molecule is CCOC(=O)c1ccc(N2CCCN(C(=O)Nc3ccc(OCCOC)cc3)CC2)nc1. The first kappa shape index (κ1) is 23.3. The van der Waals surface area contributed by atoms with Crippen molar-refractivity contribution in [3.05, 3.63) is 48.2 Å². The maximum atomic E-state index is 12.7. The Morgan fingerprint density at radius 3 is 2.53 bits per heavy atom. The zero-order valence-corrected chi connectivity index (χ0v) is 18.6. The van der Waals surface area contributed by atoms with E-state index in [1.54, 1.807) is 25.0 Å². The number of ether oxygens (including phenoxy) is 3. The fourth-order valence-corrected chi connectivity index (χ4v) is 3.34. The zero-order chi connectivity index (χ0) is 22.8. The summed E-state index contributed by atoms with van der Waals surface area (Å²) in [5.41, 5.74) is 1.15. The lowest BCUT2D eigenvalue weighted by Crippen LogP contribution is -2.38. The van der Waals surface area contributed by atoms with Crippen molar-refractivity contribution in [2.24, 2.45) is 0 Å². The molecule has 1 aromatic carbocycles. The summed E-state index contributed by atoms with van der Waals surface area (Å²) in [7, 11) is 1.63. The molecule has 9 heteroatoms. The number of benzene rings is 1. The third-order valence-corrected chi connectivity index (χ3v) is 5.03. The Labute approximate surface area is 188 Å². The van der Waals surface area contributed by atoms with Crippen LogP contribution in [0.2, 0.25) is 0 Å². The van der Waals surface area contributed by atoms with E-state index < -0.39 is 0 Å². The Morgan fingerprint density at radius 1 is 1.03 bits per heavy atom. The van der Waals surface area contributed by atoms with Gasteiger partial charge in [-0.25, -0.2) is 14.6 Å². The Morgan fingerprint density at radius 2 is 1.84 bits per heavy atom. The first-order valence-electron chi connectivity index (χ1n) is 10.8. The van der Waals surface area contributed by atoms with Crippen molar-refractivity contribution >= 4 is 23.5 Å². The lowest BCUT2D eigenvalue weighted by atomic mass is 10.2. The van der Waals surface area contributed by atoms with Crippen molar-refractivity contribution in [2.75, 3.05) is 63.3 Å². The predicted molar refractivity (Wildman–Crippen MR) is 121 cm³/mol. The molecule has 1 aliphatic rings. The largest absolute Gasteiger partial charge is 0.491 e.